The Morgan fingerprint density at radius 2 is 1.91 bits per heavy atom. The zero-order valence-electron chi connectivity index (χ0n) is 13.7. The Morgan fingerprint density at radius 1 is 1.23 bits per heavy atom. The molecule has 0 radical (unpaired) electrons. The minimum atomic E-state index is -0.436. The van der Waals surface area contributed by atoms with Gasteiger partial charge in [0.2, 0.25) is 0 Å². The smallest absolute Gasteiger partial charge is 0.410 e. The van der Waals surface area contributed by atoms with Gasteiger partial charge in [0.25, 0.3) is 0 Å². The van der Waals surface area contributed by atoms with Crippen molar-refractivity contribution in [1.29, 1.82) is 0 Å². The lowest BCUT2D eigenvalue weighted by atomic mass is 10.1. The van der Waals surface area contributed by atoms with Crippen molar-refractivity contribution < 1.29 is 9.53 Å². The average molecular weight is 303 g/mol. The summed E-state index contributed by atoms with van der Waals surface area (Å²) >= 11 is 0. The Labute approximate surface area is 132 Å². The predicted octanol–water partition coefficient (Wildman–Crippen LogP) is 3.02. The number of aromatic nitrogens is 1. The quantitative estimate of drug-likeness (QED) is 0.842. The van der Waals surface area contributed by atoms with Gasteiger partial charge in [-0.15, -0.1) is 0 Å². The maximum atomic E-state index is 12.1. The molecule has 5 heteroatoms. The molecule has 0 atom stereocenters. The number of pyridine rings is 1. The topological polar surface area (TPSA) is 45.7 Å². The highest BCUT2D eigenvalue weighted by Gasteiger charge is 2.31. The van der Waals surface area contributed by atoms with Gasteiger partial charge in [0, 0.05) is 32.4 Å². The van der Waals surface area contributed by atoms with Crippen molar-refractivity contribution in [1.82, 2.24) is 9.88 Å². The predicted molar refractivity (Wildman–Crippen MR) is 86.2 cm³/mol. The van der Waals surface area contributed by atoms with Gasteiger partial charge in [0.15, 0.2) is 0 Å². The first-order valence-corrected chi connectivity index (χ1v) is 8.12. The number of rotatable bonds is 2. The molecule has 1 aromatic rings. The van der Waals surface area contributed by atoms with E-state index in [1.807, 2.05) is 33.0 Å². The lowest BCUT2D eigenvalue weighted by molar-refractivity contribution is 0.0240. The first-order chi connectivity index (χ1) is 10.4. The fourth-order valence-electron chi connectivity index (χ4n) is 2.81. The summed E-state index contributed by atoms with van der Waals surface area (Å²) in [7, 11) is 0. The van der Waals surface area contributed by atoms with Crippen LogP contribution in [0.3, 0.4) is 0 Å². The molecule has 1 aromatic heterocycles. The molecule has 1 aliphatic heterocycles. The summed E-state index contributed by atoms with van der Waals surface area (Å²) in [6, 6.07) is 4.22. The van der Waals surface area contributed by atoms with E-state index in [2.05, 4.69) is 16.0 Å². The SMILES string of the molecule is CC(C)(C)OC(=O)N1CCN(c2ncccc2C2CC2)CC1. The number of carbonyl (C=O) groups excluding carboxylic acids is 1. The molecule has 0 unspecified atom stereocenters. The number of amides is 1. The van der Waals surface area contributed by atoms with E-state index in [1.165, 1.54) is 18.4 Å². The fourth-order valence-corrected chi connectivity index (χ4v) is 2.81. The van der Waals surface area contributed by atoms with Crippen molar-refractivity contribution in [2.24, 2.45) is 0 Å². The molecule has 0 spiro atoms. The van der Waals surface area contributed by atoms with Crippen LogP contribution in [0.4, 0.5) is 10.6 Å². The second-order valence-electron chi connectivity index (χ2n) is 7.14. The molecule has 0 N–H and O–H groups in total. The third-order valence-electron chi connectivity index (χ3n) is 4.06. The van der Waals surface area contributed by atoms with Crippen LogP contribution in [-0.2, 0) is 4.74 Å². The van der Waals surface area contributed by atoms with Crippen LogP contribution in [0.15, 0.2) is 18.3 Å². The van der Waals surface area contributed by atoms with E-state index in [0.29, 0.717) is 19.0 Å². The molecular formula is C17H25N3O2. The second kappa shape index (κ2) is 5.78. The van der Waals surface area contributed by atoms with Gasteiger partial charge in [-0.25, -0.2) is 9.78 Å². The van der Waals surface area contributed by atoms with E-state index >= 15 is 0 Å². The fraction of sp³-hybridized carbons (Fsp3) is 0.647. The summed E-state index contributed by atoms with van der Waals surface area (Å²) in [6.45, 7) is 8.71. The third-order valence-corrected chi connectivity index (χ3v) is 4.06. The molecule has 1 aliphatic carbocycles. The molecule has 3 rings (SSSR count). The zero-order chi connectivity index (χ0) is 15.7. The van der Waals surface area contributed by atoms with Gasteiger partial charge in [0.05, 0.1) is 0 Å². The maximum Gasteiger partial charge on any atom is 0.410 e. The van der Waals surface area contributed by atoms with E-state index < -0.39 is 5.60 Å². The molecule has 2 fully saturated rings. The van der Waals surface area contributed by atoms with Gasteiger partial charge in [-0.2, -0.15) is 0 Å². The number of hydrogen-bond acceptors (Lipinski definition) is 4. The van der Waals surface area contributed by atoms with Crippen molar-refractivity contribution in [3.05, 3.63) is 23.9 Å². The molecule has 1 amide bonds. The van der Waals surface area contributed by atoms with Crippen LogP contribution >= 0.6 is 0 Å². The molecule has 1 saturated heterocycles. The normalized spacial score (nSPS) is 19.2. The second-order valence-corrected chi connectivity index (χ2v) is 7.14. The molecule has 2 aliphatic rings. The number of ether oxygens (including phenoxy) is 1. The van der Waals surface area contributed by atoms with Crippen LogP contribution in [0.25, 0.3) is 0 Å². The van der Waals surface area contributed by atoms with Crippen molar-refractivity contribution in [2.75, 3.05) is 31.1 Å². The van der Waals surface area contributed by atoms with E-state index in [0.717, 1.165) is 18.9 Å². The van der Waals surface area contributed by atoms with E-state index in [-0.39, 0.29) is 6.09 Å². The summed E-state index contributed by atoms with van der Waals surface area (Å²) in [5.74, 6) is 1.79. The summed E-state index contributed by atoms with van der Waals surface area (Å²) in [6.07, 6.45) is 4.20. The van der Waals surface area contributed by atoms with Gasteiger partial charge in [0.1, 0.15) is 11.4 Å². The van der Waals surface area contributed by atoms with Crippen molar-refractivity contribution in [2.45, 2.75) is 45.1 Å². The van der Waals surface area contributed by atoms with Crippen LogP contribution in [0.1, 0.15) is 45.1 Å². The number of nitrogens with zero attached hydrogens (tertiary/aromatic N) is 3. The van der Waals surface area contributed by atoms with Crippen LogP contribution in [0.2, 0.25) is 0 Å². The van der Waals surface area contributed by atoms with Crippen molar-refractivity contribution in [3.63, 3.8) is 0 Å². The summed E-state index contributed by atoms with van der Waals surface area (Å²) in [5.41, 5.74) is 0.933. The highest BCUT2D eigenvalue weighted by Crippen LogP contribution is 2.43. The molecule has 22 heavy (non-hydrogen) atoms. The minimum absolute atomic E-state index is 0.212. The molecule has 0 bridgehead atoms. The molecular weight excluding hydrogens is 278 g/mol. The largest absolute Gasteiger partial charge is 0.444 e. The van der Waals surface area contributed by atoms with Gasteiger partial charge in [-0.05, 0) is 51.2 Å². The zero-order valence-corrected chi connectivity index (χ0v) is 13.7. The Hall–Kier alpha value is -1.78. The number of hydrogen-bond donors (Lipinski definition) is 0. The van der Waals surface area contributed by atoms with Crippen molar-refractivity contribution >= 4 is 11.9 Å². The number of anilines is 1. The standard InChI is InChI=1S/C17H25N3O2/c1-17(2,3)22-16(21)20-11-9-19(10-12-20)15-14(13-6-7-13)5-4-8-18-15/h4-5,8,13H,6-7,9-12H2,1-3H3. The van der Waals surface area contributed by atoms with Crippen LogP contribution < -0.4 is 4.90 Å². The number of carbonyl (C=O) groups is 1. The van der Waals surface area contributed by atoms with Crippen molar-refractivity contribution in [3.8, 4) is 0 Å². The van der Waals surface area contributed by atoms with Gasteiger partial charge in [-0.1, -0.05) is 6.07 Å². The van der Waals surface area contributed by atoms with Gasteiger partial charge < -0.3 is 14.5 Å². The van der Waals surface area contributed by atoms with E-state index in [9.17, 15) is 4.79 Å². The highest BCUT2D eigenvalue weighted by molar-refractivity contribution is 5.68. The van der Waals surface area contributed by atoms with E-state index in [4.69, 9.17) is 4.74 Å². The molecule has 1 saturated carbocycles. The van der Waals surface area contributed by atoms with Crippen LogP contribution in [0, 0.1) is 0 Å². The monoisotopic (exact) mass is 303 g/mol. The number of piperazine rings is 1. The Balaban J connectivity index is 1.61. The first-order valence-electron chi connectivity index (χ1n) is 8.12. The Morgan fingerprint density at radius 3 is 2.50 bits per heavy atom. The molecule has 120 valence electrons. The lowest BCUT2D eigenvalue weighted by Gasteiger charge is -2.36. The van der Waals surface area contributed by atoms with Crippen LogP contribution in [-0.4, -0.2) is 47.8 Å². The van der Waals surface area contributed by atoms with Gasteiger partial charge in [-0.3, -0.25) is 0 Å². The molecule has 5 nitrogen and oxygen atoms in total. The maximum absolute atomic E-state index is 12.1. The van der Waals surface area contributed by atoms with Gasteiger partial charge >= 0.3 is 6.09 Å². The third kappa shape index (κ3) is 3.51. The minimum Gasteiger partial charge on any atom is -0.444 e. The van der Waals surface area contributed by atoms with E-state index in [1.54, 1.807) is 4.90 Å². The lowest BCUT2D eigenvalue weighted by Crippen LogP contribution is -2.50. The molecule has 2 heterocycles. The molecule has 0 aromatic carbocycles. The van der Waals surface area contributed by atoms with Crippen LogP contribution in [0.5, 0.6) is 0 Å². The summed E-state index contributed by atoms with van der Waals surface area (Å²) in [4.78, 5) is 20.8. The highest BCUT2D eigenvalue weighted by atomic mass is 16.6. The summed E-state index contributed by atoms with van der Waals surface area (Å²) < 4.78 is 5.44. The Kier molecular flexibility index (Phi) is 3.98. The first kappa shape index (κ1) is 15.1. The summed E-state index contributed by atoms with van der Waals surface area (Å²) in [5, 5.41) is 0. The average Bonchev–Trinajstić information content (AvgIpc) is 3.30. The Bertz CT molecular complexity index is 541.